The van der Waals surface area contributed by atoms with Crippen LogP contribution in [0.5, 0.6) is 0 Å². The summed E-state index contributed by atoms with van der Waals surface area (Å²) >= 11 is 1.46. The number of sulfone groups is 1. The monoisotopic (exact) mass is 404 g/mol. The van der Waals surface area contributed by atoms with Crippen molar-refractivity contribution in [3.05, 3.63) is 46.8 Å². The molecular formula is C17H19F3N2O2S2. The fourth-order valence-corrected chi connectivity index (χ4v) is 5.86. The Kier molecular flexibility index (Phi) is 5.06. The maximum absolute atomic E-state index is 13.1. The van der Waals surface area contributed by atoms with Crippen molar-refractivity contribution in [3.8, 4) is 0 Å². The van der Waals surface area contributed by atoms with Crippen LogP contribution in [0.4, 0.5) is 18.2 Å². The summed E-state index contributed by atoms with van der Waals surface area (Å²) in [6.07, 6.45) is -4.58. The molecule has 4 nitrogen and oxygen atoms in total. The summed E-state index contributed by atoms with van der Waals surface area (Å²) in [4.78, 5) is 3.71. The van der Waals surface area contributed by atoms with E-state index in [0.29, 0.717) is 12.1 Å². The second-order valence-corrected chi connectivity index (χ2v) is 9.51. The predicted octanol–water partition coefficient (Wildman–Crippen LogP) is 3.66. The van der Waals surface area contributed by atoms with Crippen molar-refractivity contribution < 1.29 is 21.6 Å². The van der Waals surface area contributed by atoms with Crippen LogP contribution in [0.2, 0.25) is 0 Å². The molecule has 26 heavy (non-hydrogen) atoms. The molecule has 0 radical (unpaired) electrons. The highest BCUT2D eigenvalue weighted by Gasteiger charge is 2.40. The molecule has 0 saturated carbocycles. The lowest BCUT2D eigenvalue weighted by Crippen LogP contribution is -2.31. The molecule has 1 aromatic carbocycles. The number of likely N-dealkylation sites (N-methyl/N-ethyl adjacent to an activating group) is 1. The Balaban J connectivity index is 1.94. The number of fused-ring (bicyclic) bond motifs is 1. The summed E-state index contributed by atoms with van der Waals surface area (Å²) in [7, 11) is -0.0593. The van der Waals surface area contributed by atoms with Gasteiger partial charge in [-0.2, -0.15) is 13.2 Å². The van der Waals surface area contributed by atoms with E-state index < -0.39 is 26.8 Å². The highest BCUT2D eigenvalue weighted by atomic mass is 32.2. The third kappa shape index (κ3) is 3.60. The average molecular weight is 404 g/mol. The Labute approximate surface area is 154 Å². The van der Waals surface area contributed by atoms with E-state index in [1.165, 1.54) is 17.4 Å². The van der Waals surface area contributed by atoms with E-state index in [1.54, 1.807) is 6.07 Å². The van der Waals surface area contributed by atoms with Crippen LogP contribution in [0.3, 0.4) is 0 Å². The molecule has 0 spiro atoms. The quantitative estimate of drug-likeness (QED) is 0.763. The minimum absolute atomic E-state index is 0.258. The van der Waals surface area contributed by atoms with Gasteiger partial charge >= 0.3 is 6.18 Å². The fraction of sp³-hybridized carbons (Fsp3) is 0.412. The van der Waals surface area contributed by atoms with Crippen molar-refractivity contribution in [3.63, 3.8) is 0 Å². The molecule has 3 rings (SSSR count). The van der Waals surface area contributed by atoms with Crippen molar-refractivity contribution in [2.24, 2.45) is 0 Å². The van der Waals surface area contributed by atoms with Gasteiger partial charge in [0.15, 0.2) is 9.84 Å². The summed E-state index contributed by atoms with van der Waals surface area (Å²) in [6.45, 7) is 1.68. The molecule has 142 valence electrons. The van der Waals surface area contributed by atoms with Crippen molar-refractivity contribution in [2.45, 2.75) is 16.3 Å². The zero-order chi connectivity index (χ0) is 19.1. The first kappa shape index (κ1) is 19.2. The number of benzene rings is 1. The molecule has 1 aromatic heterocycles. The number of rotatable bonds is 5. The molecule has 1 aliphatic heterocycles. The van der Waals surface area contributed by atoms with Gasteiger partial charge in [-0.05, 0) is 43.7 Å². The van der Waals surface area contributed by atoms with Crippen LogP contribution in [0, 0.1) is 0 Å². The van der Waals surface area contributed by atoms with E-state index in [9.17, 15) is 21.6 Å². The minimum Gasteiger partial charge on any atom is -0.360 e. The maximum Gasteiger partial charge on any atom is 0.416 e. The topological polar surface area (TPSA) is 40.6 Å². The van der Waals surface area contributed by atoms with Gasteiger partial charge in [0, 0.05) is 25.2 Å². The first-order valence-corrected chi connectivity index (χ1v) is 10.4. The molecule has 2 aromatic rings. The molecule has 9 heteroatoms. The van der Waals surface area contributed by atoms with Crippen LogP contribution < -0.4 is 4.90 Å². The molecule has 0 N–H and O–H groups in total. The second kappa shape index (κ2) is 6.86. The Morgan fingerprint density at radius 2 is 2.00 bits per heavy atom. The highest BCUT2D eigenvalue weighted by Crippen LogP contribution is 2.45. The van der Waals surface area contributed by atoms with E-state index in [4.69, 9.17) is 0 Å². The van der Waals surface area contributed by atoms with Crippen LogP contribution >= 0.6 is 11.3 Å². The lowest BCUT2D eigenvalue weighted by atomic mass is 10.2. The molecule has 0 amide bonds. The molecule has 1 atom stereocenters. The summed E-state index contributed by atoms with van der Waals surface area (Å²) in [5, 5.41) is 1.85. The van der Waals surface area contributed by atoms with Crippen molar-refractivity contribution in [1.82, 2.24) is 4.90 Å². The zero-order valence-corrected chi connectivity index (χ0v) is 16.0. The van der Waals surface area contributed by atoms with Crippen LogP contribution in [0.25, 0.3) is 0 Å². The summed E-state index contributed by atoms with van der Waals surface area (Å²) < 4.78 is 65.0. The van der Waals surface area contributed by atoms with Crippen LogP contribution in [-0.2, 0) is 16.0 Å². The third-order valence-electron chi connectivity index (χ3n) is 4.38. The lowest BCUT2D eigenvalue weighted by molar-refractivity contribution is -0.137. The minimum atomic E-state index is -4.58. The van der Waals surface area contributed by atoms with E-state index in [2.05, 4.69) is 0 Å². The Morgan fingerprint density at radius 3 is 2.65 bits per heavy atom. The van der Waals surface area contributed by atoms with Crippen molar-refractivity contribution in [2.75, 3.05) is 38.6 Å². The fourth-order valence-electron chi connectivity index (χ4n) is 2.99. The van der Waals surface area contributed by atoms with Gasteiger partial charge in [-0.1, -0.05) is 6.07 Å². The molecular weight excluding hydrogens is 385 g/mol. The van der Waals surface area contributed by atoms with E-state index in [0.717, 1.165) is 29.7 Å². The van der Waals surface area contributed by atoms with Crippen molar-refractivity contribution >= 4 is 26.2 Å². The molecule has 0 aliphatic carbocycles. The summed E-state index contributed by atoms with van der Waals surface area (Å²) in [5.41, 5.74) is -0.280. The Morgan fingerprint density at radius 1 is 1.27 bits per heavy atom. The first-order chi connectivity index (χ1) is 12.1. The van der Waals surface area contributed by atoms with Crippen LogP contribution in [0.15, 0.2) is 40.6 Å². The normalized spacial score (nSPS) is 17.8. The van der Waals surface area contributed by atoms with Gasteiger partial charge in [-0.3, -0.25) is 0 Å². The van der Waals surface area contributed by atoms with E-state index in [-0.39, 0.29) is 11.4 Å². The summed E-state index contributed by atoms with van der Waals surface area (Å²) in [6, 6.07) is 5.74. The van der Waals surface area contributed by atoms with E-state index >= 15 is 0 Å². The number of anilines is 1. The van der Waals surface area contributed by atoms with Gasteiger partial charge in [0.2, 0.25) is 0 Å². The standard InChI is InChI=1S/C17H19F3N2O2S2/c1-21(2)7-8-22-11-15(14-6-9-25-16(14)22)26(23,24)13-5-3-4-12(10-13)17(18,19)20/h3-6,9-10,15H,7-8,11H2,1-2H3. The average Bonchev–Trinajstić information content (AvgIpc) is 3.14. The zero-order valence-electron chi connectivity index (χ0n) is 14.3. The molecule has 1 aliphatic rings. The van der Waals surface area contributed by atoms with Gasteiger partial charge in [0.1, 0.15) is 5.25 Å². The number of thiophene rings is 1. The lowest BCUT2D eigenvalue weighted by Gasteiger charge is -2.21. The Bertz CT molecular complexity index is 891. The number of hydrogen-bond acceptors (Lipinski definition) is 5. The molecule has 0 bridgehead atoms. The number of nitrogens with zero attached hydrogens (tertiary/aromatic N) is 2. The van der Waals surface area contributed by atoms with Crippen molar-refractivity contribution in [1.29, 1.82) is 0 Å². The van der Waals surface area contributed by atoms with Gasteiger partial charge < -0.3 is 9.80 Å². The smallest absolute Gasteiger partial charge is 0.360 e. The first-order valence-electron chi connectivity index (χ1n) is 7.99. The predicted molar refractivity (Wildman–Crippen MR) is 96.5 cm³/mol. The SMILES string of the molecule is CN(C)CCN1CC(S(=O)(=O)c2cccc(C(F)(F)F)c2)c2ccsc21. The molecule has 0 fully saturated rings. The van der Waals surface area contributed by atoms with Gasteiger partial charge in [-0.15, -0.1) is 11.3 Å². The number of hydrogen-bond donors (Lipinski definition) is 0. The highest BCUT2D eigenvalue weighted by molar-refractivity contribution is 7.91. The van der Waals surface area contributed by atoms with Gasteiger partial charge in [0.05, 0.1) is 15.5 Å². The summed E-state index contributed by atoms with van der Waals surface area (Å²) in [5.74, 6) is 0. The number of halogens is 3. The number of alkyl halides is 3. The molecule has 2 heterocycles. The Hall–Kier alpha value is -1.58. The molecule has 1 unspecified atom stereocenters. The van der Waals surface area contributed by atoms with Crippen LogP contribution in [0.1, 0.15) is 16.4 Å². The maximum atomic E-state index is 13.1. The van der Waals surface area contributed by atoms with Gasteiger partial charge in [0.25, 0.3) is 0 Å². The second-order valence-electron chi connectivity index (χ2n) is 6.49. The van der Waals surface area contributed by atoms with Gasteiger partial charge in [-0.25, -0.2) is 8.42 Å². The van der Waals surface area contributed by atoms with Crippen LogP contribution in [-0.4, -0.2) is 47.0 Å². The molecule has 0 saturated heterocycles. The van der Waals surface area contributed by atoms with E-state index in [1.807, 2.05) is 29.3 Å². The largest absolute Gasteiger partial charge is 0.416 e. The third-order valence-corrected chi connectivity index (χ3v) is 7.43.